The van der Waals surface area contributed by atoms with Crippen LogP contribution in [0.3, 0.4) is 0 Å². The number of hydrogen-bond donors (Lipinski definition) is 2. The third kappa shape index (κ3) is 6.53. The molecule has 6 nitrogen and oxygen atoms in total. The lowest BCUT2D eigenvalue weighted by Crippen LogP contribution is -2.46. The summed E-state index contributed by atoms with van der Waals surface area (Å²) >= 11 is 1.31. The number of rotatable bonds is 9. The lowest BCUT2D eigenvalue weighted by atomic mass is 9.99. The highest BCUT2D eigenvalue weighted by molar-refractivity contribution is 7.12. The van der Waals surface area contributed by atoms with Crippen molar-refractivity contribution < 1.29 is 19.1 Å². The summed E-state index contributed by atoms with van der Waals surface area (Å²) in [5.74, 6) is -1.48. The van der Waals surface area contributed by atoms with E-state index in [0.717, 1.165) is 5.56 Å². The molecule has 1 heterocycles. The number of benzene rings is 1. The molecule has 0 spiro atoms. The maximum Gasteiger partial charge on any atom is 0.311 e. The van der Waals surface area contributed by atoms with E-state index in [0.29, 0.717) is 11.3 Å². The highest BCUT2D eigenvalue weighted by atomic mass is 32.1. The first-order valence-electron chi connectivity index (χ1n) is 8.84. The van der Waals surface area contributed by atoms with Gasteiger partial charge in [0, 0.05) is 6.54 Å². The summed E-state index contributed by atoms with van der Waals surface area (Å²) in [5.41, 5.74) is 0.990. The molecule has 0 fully saturated rings. The van der Waals surface area contributed by atoms with Crippen LogP contribution in [0.4, 0.5) is 0 Å². The van der Waals surface area contributed by atoms with Crippen LogP contribution in [0.25, 0.3) is 0 Å². The Morgan fingerprint density at radius 3 is 2.48 bits per heavy atom. The maximum absolute atomic E-state index is 12.3. The molecule has 2 unspecified atom stereocenters. The minimum absolute atomic E-state index is 0.145. The Kier molecular flexibility index (Phi) is 8.00. The van der Waals surface area contributed by atoms with Gasteiger partial charge in [-0.3, -0.25) is 14.4 Å². The average molecular weight is 388 g/mol. The van der Waals surface area contributed by atoms with Crippen LogP contribution < -0.4 is 10.6 Å². The van der Waals surface area contributed by atoms with Crippen LogP contribution in [0.5, 0.6) is 0 Å². The van der Waals surface area contributed by atoms with Crippen molar-refractivity contribution in [2.24, 2.45) is 5.92 Å². The number of carbonyl (C=O) groups is 3. The molecule has 0 aliphatic rings. The van der Waals surface area contributed by atoms with Gasteiger partial charge in [0.05, 0.1) is 17.4 Å². The SMILES string of the molecule is CCOC(=O)C(CNC(=O)C(C)NC(=O)c1cccs1)Cc1ccccc1. The molecule has 2 atom stereocenters. The Bertz CT molecular complexity index is 747. The van der Waals surface area contributed by atoms with Gasteiger partial charge in [0.1, 0.15) is 6.04 Å². The zero-order valence-corrected chi connectivity index (χ0v) is 16.3. The molecule has 0 radical (unpaired) electrons. The molecule has 0 saturated heterocycles. The quantitative estimate of drug-likeness (QED) is 0.646. The number of ether oxygens (including phenoxy) is 1. The van der Waals surface area contributed by atoms with Crippen molar-refractivity contribution in [1.82, 2.24) is 10.6 Å². The molecule has 27 heavy (non-hydrogen) atoms. The van der Waals surface area contributed by atoms with Crippen LogP contribution in [-0.4, -0.2) is 37.0 Å². The van der Waals surface area contributed by atoms with Gasteiger partial charge in [0.15, 0.2) is 0 Å². The van der Waals surface area contributed by atoms with Crippen molar-refractivity contribution in [3.8, 4) is 0 Å². The van der Waals surface area contributed by atoms with Crippen LogP contribution in [0, 0.1) is 5.92 Å². The Morgan fingerprint density at radius 1 is 1.11 bits per heavy atom. The Labute approximate surface area is 162 Å². The van der Waals surface area contributed by atoms with E-state index in [2.05, 4.69) is 10.6 Å². The third-order valence-corrected chi connectivity index (χ3v) is 4.82. The van der Waals surface area contributed by atoms with Crippen molar-refractivity contribution in [2.45, 2.75) is 26.3 Å². The fourth-order valence-electron chi connectivity index (χ4n) is 2.52. The number of hydrogen-bond acceptors (Lipinski definition) is 5. The predicted molar refractivity (Wildman–Crippen MR) is 105 cm³/mol. The summed E-state index contributed by atoms with van der Waals surface area (Å²) in [6.07, 6.45) is 0.468. The molecular weight excluding hydrogens is 364 g/mol. The second kappa shape index (κ2) is 10.5. The summed E-state index contributed by atoms with van der Waals surface area (Å²) < 4.78 is 5.12. The summed E-state index contributed by atoms with van der Waals surface area (Å²) in [6.45, 7) is 3.78. The molecule has 1 aromatic carbocycles. The number of esters is 1. The molecule has 7 heteroatoms. The van der Waals surface area contributed by atoms with E-state index in [1.807, 2.05) is 30.3 Å². The Morgan fingerprint density at radius 2 is 1.85 bits per heavy atom. The smallest absolute Gasteiger partial charge is 0.311 e. The molecule has 0 saturated carbocycles. The zero-order valence-electron chi connectivity index (χ0n) is 15.4. The van der Waals surface area contributed by atoms with Gasteiger partial charge in [-0.2, -0.15) is 0 Å². The predicted octanol–water partition coefficient (Wildman–Crippen LogP) is 2.40. The second-order valence-electron chi connectivity index (χ2n) is 6.06. The standard InChI is InChI=1S/C20H24N2O4S/c1-3-26-20(25)16(12-15-8-5-4-6-9-15)13-21-18(23)14(2)22-19(24)17-10-7-11-27-17/h4-11,14,16H,3,12-13H2,1-2H3,(H,21,23)(H,22,24). The molecule has 144 valence electrons. The van der Waals surface area contributed by atoms with Gasteiger partial charge in [-0.15, -0.1) is 11.3 Å². The third-order valence-electron chi connectivity index (χ3n) is 3.95. The summed E-state index contributed by atoms with van der Waals surface area (Å²) in [7, 11) is 0. The molecule has 0 bridgehead atoms. The van der Waals surface area contributed by atoms with Crippen LogP contribution >= 0.6 is 11.3 Å². The number of thiophene rings is 1. The van der Waals surface area contributed by atoms with Crippen LogP contribution in [0.1, 0.15) is 29.1 Å². The molecule has 2 amide bonds. The largest absolute Gasteiger partial charge is 0.466 e. The average Bonchev–Trinajstić information content (AvgIpc) is 3.20. The van der Waals surface area contributed by atoms with Crippen LogP contribution in [0.15, 0.2) is 47.8 Å². The minimum Gasteiger partial charge on any atom is -0.466 e. The first kappa shape index (κ1) is 20.6. The van der Waals surface area contributed by atoms with Gasteiger partial charge < -0.3 is 15.4 Å². The normalized spacial score (nSPS) is 12.7. The first-order chi connectivity index (χ1) is 13.0. The molecule has 0 aliphatic carbocycles. The summed E-state index contributed by atoms with van der Waals surface area (Å²) in [4.78, 5) is 37.1. The Balaban J connectivity index is 1.91. The Hall–Kier alpha value is -2.67. The van der Waals surface area contributed by atoms with E-state index in [4.69, 9.17) is 4.74 Å². The zero-order chi connectivity index (χ0) is 19.6. The maximum atomic E-state index is 12.3. The van der Waals surface area contributed by atoms with Gasteiger partial charge in [0.2, 0.25) is 5.91 Å². The molecular formula is C20H24N2O4S. The topological polar surface area (TPSA) is 84.5 Å². The highest BCUT2D eigenvalue weighted by Crippen LogP contribution is 2.11. The number of amides is 2. The van der Waals surface area contributed by atoms with E-state index in [1.54, 1.807) is 31.4 Å². The van der Waals surface area contributed by atoms with Crippen LogP contribution in [-0.2, 0) is 20.7 Å². The van der Waals surface area contributed by atoms with Gasteiger partial charge >= 0.3 is 5.97 Å². The molecule has 2 N–H and O–H groups in total. The van der Waals surface area contributed by atoms with E-state index in [1.165, 1.54) is 11.3 Å². The molecule has 2 aromatic rings. The lowest BCUT2D eigenvalue weighted by molar-refractivity contribution is -0.147. The van der Waals surface area contributed by atoms with E-state index >= 15 is 0 Å². The fraction of sp³-hybridized carbons (Fsp3) is 0.350. The van der Waals surface area contributed by atoms with Gasteiger partial charge in [-0.05, 0) is 37.3 Å². The molecule has 2 rings (SSSR count). The second-order valence-corrected chi connectivity index (χ2v) is 7.00. The van der Waals surface area contributed by atoms with Gasteiger partial charge in [-0.25, -0.2) is 0 Å². The van der Waals surface area contributed by atoms with Crippen molar-refractivity contribution in [1.29, 1.82) is 0 Å². The monoisotopic (exact) mass is 388 g/mol. The van der Waals surface area contributed by atoms with Crippen molar-refractivity contribution in [3.05, 3.63) is 58.3 Å². The number of carbonyl (C=O) groups excluding carboxylic acids is 3. The van der Waals surface area contributed by atoms with Gasteiger partial charge in [-0.1, -0.05) is 36.4 Å². The number of nitrogens with one attached hydrogen (secondary N) is 2. The van der Waals surface area contributed by atoms with E-state index in [9.17, 15) is 14.4 Å². The molecule has 0 aliphatic heterocycles. The van der Waals surface area contributed by atoms with Crippen molar-refractivity contribution >= 4 is 29.1 Å². The van der Waals surface area contributed by atoms with Crippen molar-refractivity contribution in [2.75, 3.05) is 13.2 Å². The van der Waals surface area contributed by atoms with E-state index in [-0.39, 0.29) is 30.9 Å². The fourth-order valence-corrected chi connectivity index (χ4v) is 3.14. The minimum atomic E-state index is -0.709. The van der Waals surface area contributed by atoms with Gasteiger partial charge in [0.25, 0.3) is 5.91 Å². The molecule has 1 aromatic heterocycles. The van der Waals surface area contributed by atoms with E-state index < -0.39 is 12.0 Å². The highest BCUT2D eigenvalue weighted by Gasteiger charge is 2.23. The van der Waals surface area contributed by atoms with Crippen LogP contribution in [0.2, 0.25) is 0 Å². The summed E-state index contributed by atoms with van der Waals surface area (Å²) in [5, 5.41) is 7.19. The first-order valence-corrected chi connectivity index (χ1v) is 9.71. The lowest BCUT2D eigenvalue weighted by Gasteiger charge is -2.19. The summed E-state index contributed by atoms with van der Waals surface area (Å²) in [6, 6.07) is 12.3. The van der Waals surface area contributed by atoms with Crippen molar-refractivity contribution in [3.63, 3.8) is 0 Å².